The molecule has 0 spiro atoms. The number of halogens is 1. The number of hydrogen-bond acceptors (Lipinski definition) is 6. The standard InChI is InChI=1S/C18H19ClN4O2S/c1-11-9-14-15(22-18(19)23-17(14)26-11)21-10-12-3-5-13(6-4-12)16(25)20-7-2-8-24/h3-6,9,24H,2,7-8,10H2,1H3,(H,20,25)(H,21,22,23). The Hall–Kier alpha value is -2.22. The molecule has 26 heavy (non-hydrogen) atoms. The van der Waals surface area contributed by atoms with Crippen molar-refractivity contribution in [2.45, 2.75) is 19.9 Å². The van der Waals surface area contributed by atoms with Gasteiger partial charge in [-0.2, -0.15) is 0 Å². The van der Waals surface area contributed by atoms with E-state index in [2.05, 4.69) is 20.6 Å². The molecule has 8 heteroatoms. The fourth-order valence-corrected chi connectivity index (χ4v) is 3.59. The number of carbonyl (C=O) groups excluding carboxylic acids is 1. The number of amides is 1. The highest BCUT2D eigenvalue weighted by molar-refractivity contribution is 7.18. The van der Waals surface area contributed by atoms with E-state index in [0.717, 1.165) is 20.7 Å². The lowest BCUT2D eigenvalue weighted by atomic mass is 10.1. The van der Waals surface area contributed by atoms with E-state index >= 15 is 0 Å². The number of thiophene rings is 1. The number of carbonyl (C=O) groups is 1. The van der Waals surface area contributed by atoms with Crippen LogP contribution >= 0.6 is 22.9 Å². The van der Waals surface area contributed by atoms with Crippen molar-refractivity contribution in [2.24, 2.45) is 0 Å². The molecule has 3 N–H and O–H groups in total. The highest BCUT2D eigenvalue weighted by Gasteiger charge is 2.10. The van der Waals surface area contributed by atoms with Crippen LogP contribution in [0.25, 0.3) is 10.2 Å². The molecule has 0 atom stereocenters. The van der Waals surface area contributed by atoms with Crippen LogP contribution in [0.1, 0.15) is 27.2 Å². The molecule has 0 saturated carbocycles. The summed E-state index contributed by atoms with van der Waals surface area (Å²) in [5.74, 6) is 0.561. The van der Waals surface area contributed by atoms with E-state index in [-0.39, 0.29) is 17.8 Å². The minimum atomic E-state index is -0.143. The second kappa shape index (κ2) is 8.44. The number of aliphatic hydroxyl groups excluding tert-OH is 1. The van der Waals surface area contributed by atoms with Crippen LogP contribution in [-0.4, -0.2) is 34.1 Å². The van der Waals surface area contributed by atoms with Gasteiger partial charge >= 0.3 is 0 Å². The van der Waals surface area contributed by atoms with Crippen LogP contribution in [0.15, 0.2) is 30.3 Å². The summed E-state index contributed by atoms with van der Waals surface area (Å²) in [7, 11) is 0. The zero-order valence-electron chi connectivity index (χ0n) is 14.3. The Balaban J connectivity index is 1.66. The number of aliphatic hydroxyl groups is 1. The van der Waals surface area contributed by atoms with Gasteiger partial charge in [0.25, 0.3) is 5.91 Å². The van der Waals surface area contributed by atoms with Gasteiger partial charge in [-0.3, -0.25) is 4.79 Å². The van der Waals surface area contributed by atoms with Gasteiger partial charge in [0.05, 0.1) is 5.39 Å². The molecular weight excluding hydrogens is 372 g/mol. The van der Waals surface area contributed by atoms with Gasteiger partial charge in [0, 0.05) is 30.1 Å². The molecule has 1 aromatic carbocycles. The van der Waals surface area contributed by atoms with Gasteiger partial charge in [0.15, 0.2) is 0 Å². The van der Waals surface area contributed by atoms with Gasteiger partial charge in [0.2, 0.25) is 5.28 Å². The number of rotatable bonds is 7. The van der Waals surface area contributed by atoms with Crippen LogP contribution in [-0.2, 0) is 6.54 Å². The predicted octanol–water partition coefficient (Wildman–Crippen LogP) is 3.38. The quantitative estimate of drug-likeness (QED) is 0.425. The van der Waals surface area contributed by atoms with E-state index in [4.69, 9.17) is 16.7 Å². The molecular formula is C18H19ClN4O2S. The number of aryl methyl sites for hydroxylation is 1. The summed E-state index contributed by atoms with van der Waals surface area (Å²) < 4.78 is 0. The van der Waals surface area contributed by atoms with Crippen molar-refractivity contribution in [3.63, 3.8) is 0 Å². The van der Waals surface area contributed by atoms with E-state index in [0.29, 0.717) is 30.9 Å². The normalized spacial score (nSPS) is 10.9. The number of anilines is 1. The van der Waals surface area contributed by atoms with Crippen LogP contribution in [0.4, 0.5) is 5.82 Å². The Bertz CT molecular complexity index is 911. The highest BCUT2D eigenvalue weighted by Crippen LogP contribution is 2.29. The Morgan fingerprint density at radius 3 is 2.77 bits per heavy atom. The number of hydrogen-bond donors (Lipinski definition) is 3. The van der Waals surface area contributed by atoms with E-state index in [9.17, 15) is 4.79 Å². The van der Waals surface area contributed by atoms with E-state index in [1.54, 1.807) is 23.5 Å². The number of fused-ring (bicyclic) bond motifs is 1. The predicted molar refractivity (Wildman–Crippen MR) is 105 cm³/mol. The van der Waals surface area contributed by atoms with Crippen LogP contribution in [0, 0.1) is 6.92 Å². The van der Waals surface area contributed by atoms with Gasteiger partial charge in [-0.15, -0.1) is 11.3 Å². The first kappa shape index (κ1) is 18.6. The Kier molecular flexibility index (Phi) is 6.03. The van der Waals surface area contributed by atoms with E-state index in [1.807, 2.05) is 25.1 Å². The van der Waals surface area contributed by atoms with Crippen LogP contribution < -0.4 is 10.6 Å². The summed E-state index contributed by atoms with van der Waals surface area (Å²) in [5, 5.41) is 16.0. The Morgan fingerprint density at radius 1 is 1.27 bits per heavy atom. The summed E-state index contributed by atoms with van der Waals surface area (Å²) in [5.41, 5.74) is 1.61. The zero-order chi connectivity index (χ0) is 18.5. The summed E-state index contributed by atoms with van der Waals surface area (Å²) in [4.78, 5) is 22.5. The van der Waals surface area contributed by atoms with Crippen LogP contribution in [0.3, 0.4) is 0 Å². The largest absolute Gasteiger partial charge is 0.396 e. The number of aromatic nitrogens is 2. The number of nitrogens with zero attached hydrogens (tertiary/aromatic N) is 2. The molecule has 0 unspecified atom stereocenters. The molecule has 0 bridgehead atoms. The second-order valence-electron chi connectivity index (χ2n) is 5.80. The topological polar surface area (TPSA) is 87.1 Å². The lowest BCUT2D eigenvalue weighted by Crippen LogP contribution is -2.24. The monoisotopic (exact) mass is 390 g/mol. The zero-order valence-corrected chi connectivity index (χ0v) is 15.8. The molecule has 2 heterocycles. The molecule has 1 amide bonds. The van der Waals surface area contributed by atoms with Crippen molar-refractivity contribution in [1.29, 1.82) is 0 Å². The molecule has 3 aromatic rings. The van der Waals surface area contributed by atoms with Crippen molar-refractivity contribution in [2.75, 3.05) is 18.5 Å². The first-order chi connectivity index (χ1) is 12.6. The average molecular weight is 391 g/mol. The third-order valence-corrected chi connectivity index (χ3v) is 4.90. The van der Waals surface area contributed by atoms with Gasteiger partial charge < -0.3 is 15.7 Å². The fourth-order valence-electron chi connectivity index (χ4n) is 2.49. The van der Waals surface area contributed by atoms with Crippen molar-refractivity contribution in [1.82, 2.24) is 15.3 Å². The lowest BCUT2D eigenvalue weighted by Gasteiger charge is -2.08. The molecule has 0 radical (unpaired) electrons. The number of benzene rings is 1. The molecule has 2 aromatic heterocycles. The van der Waals surface area contributed by atoms with Gasteiger partial charge in [0.1, 0.15) is 10.6 Å². The summed E-state index contributed by atoms with van der Waals surface area (Å²) >= 11 is 7.59. The molecule has 0 fully saturated rings. The van der Waals surface area contributed by atoms with Crippen molar-refractivity contribution in [3.8, 4) is 0 Å². The summed E-state index contributed by atoms with van der Waals surface area (Å²) in [6.45, 7) is 3.11. The van der Waals surface area contributed by atoms with Gasteiger partial charge in [-0.05, 0) is 48.7 Å². The first-order valence-corrected chi connectivity index (χ1v) is 9.42. The minimum absolute atomic E-state index is 0.0644. The van der Waals surface area contributed by atoms with Gasteiger partial charge in [-0.1, -0.05) is 12.1 Å². The molecule has 0 saturated heterocycles. The smallest absolute Gasteiger partial charge is 0.251 e. The molecule has 136 valence electrons. The van der Waals surface area contributed by atoms with Gasteiger partial charge in [-0.25, -0.2) is 9.97 Å². The van der Waals surface area contributed by atoms with Crippen molar-refractivity contribution >= 4 is 44.9 Å². The Morgan fingerprint density at radius 2 is 2.04 bits per heavy atom. The Labute approximate surface area is 160 Å². The first-order valence-electron chi connectivity index (χ1n) is 8.22. The molecule has 0 aliphatic heterocycles. The molecule has 6 nitrogen and oxygen atoms in total. The van der Waals surface area contributed by atoms with Crippen molar-refractivity contribution < 1.29 is 9.90 Å². The molecule has 0 aliphatic rings. The SMILES string of the molecule is Cc1cc2c(NCc3ccc(C(=O)NCCCO)cc3)nc(Cl)nc2s1. The maximum absolute atomic E-state index is 12.0. The van der Waals surface area contributed by atoms with Crippen molar-refractivity contribution in [3.05, 3.63) is 51.6 Å². The maximum Gasteiger partial charge on any atom is 0.251 e. The van der Waals surface area contributed by atoms with E-state index < -0.39 is 0 Å². The third-order valence-electron chi connectivity index (χ3n) is 3.79. The lowest BCUT2D eigenvalue weighted by molar-refractivity contribution is 0.0951. The average Bonchev–Trinajstić information content (AvgIpc) is 3.00. The summed E-state index contributed by atoms with van der Waals surface area (Å²) in [6, 6.07) is 9.39. The van der Waals surface area contributed by atoms with Crippen LogP contribution in [0.2, 0.25) is 5.28 Å². The third kappa shape index (κ3) is 4.49. The van der Waals surface area contributed by atoms with Crippen LogP contribution in [0.5, 0.6) is 0 Å². The molecule has 0 aliphatic carbocycles. The number of nitrogens with one attached hydrogen (secondary N) is 2. The second-order valence-corrected chi connectivity index (χ2v) is 7.37. The molecule has 3 rings (SSSR count). The fraction of sp³-hybridized carbons (Fsp3) is 0.278. The van der Waals surface area contributed by atoms with E-state index in [1.165, 1.54) is 0 Å². The maximum atomic E-state index is 12.0. The minimum Gasteiger partial charge on any atom is -0.396 e. The summed E-state index contributed by atoms with van der Waals surface area (Å²) in [6.07, 6.45) is 0.547. The highest BCUT2D eigenvalue weighted by atomic mass is 35.5.